The van der Waals surface area contributed by atoms with Gasteiger partial charge in [-0.25, -0.2) is 0 Å². The number of amides is 3. The van der Waals surface area contributed by atoms with Crippen LogP contribution in [0.1, 0.15) is 12.0 Å². The predicted molar refractivity (Wildman–Crippen MR) is 118 cm³/mol. The number of nitro groups is 1. The SMILES string of the molecule is Cc1ccc(NC(=O)COC(=O)CN2C(=O)[C@@H]3[C@H]4C[C@@H]([C@@H](Br)[C@H]4Br)[C@H]3C2=O)cc1[N+](=O)[O-]. The van der Waals surface area contributed by atoms with Gasteiger partial charge in [0, 0.05) is 27.0 Å². The number of likely N-dealkylation sites (tertiary alicyclic amines) is 1. The molecule has 1 aromatic rings. The minimum Gasteiger partial charge on any atom is -0.454 e. The molecular formula is C20H19Br2N3O7. The molecule has 1 heterocycles. The minimum atomic E-state index is -0.880. The molecule has 3 amide bonds. The maximum atomic E-state index is 12.8. The standard InChI is InChI=1S/C20H19Br2N3O7/c1-8-2-3-9(4-12(8)25(30)31)23-13(26)7-32-14(27)6-24-19(28)15-10-5-11(16(15)20(24)29)18(22)17(10)21/h2-4,10-11,15-18H,5-7H2,1H3,(H,23,26)/t10-,11-,15-,16-,17-,18+/m1/s1. The number of hydrogen-bond acceptors (Lipinski definition) is 7. The van der Waals surface area contributed by atoms with Crippen LogP contribution < -0.4 is 5.32 Å². The Kier molecular flexibility index (Phi) is 6.10. The van der Waals surface area contributed by atoms with E-state index in [0.717, 1.165) is 11.3 Å². The second-order valence-corrected chi connectivity index (χ2v) is 10.3. The number of anilines is 1. The normalized spacial score (nSPS) is 30.4. The van der Waals surface area contributed by atoms with E-state index in [0.29, 0.717) is 5.56 Å². The van der Waals surface area contributed by atoms with Crippen LogP contribution in [-0.4, -0.2) is 56.3 Å². The maximum absolute atomic E-state index is 12.8. The summed E-state index contributed by atoms with van der Waals surface area (Å²) in [4.78, 5) is 61.4. The Hall–Kier alpha value is -2.34. The van der Waals surface area contributed by atoms with Crippen LogP contribution in [0.4, 0.5) is 11.4 Å². The van der Waals surface area contributed by atoms with Crippen LogP contribution in [-0.2, 0) is 23.9 Å². The highest BCUT2D eigenvalue weighted by Gasteiger charge is 2.66. The van der Waals surface area contributed by atoms with Gasteiger partial charge in [-0.1, -0.05) is 37.9 Å². The number of aryl methyl sites for hydroxylation is 1. The molecule has 0 unspecified atom stereocenters. The van der Waals surface area contributed by atoms with Crippen molar-refractivity contribution in [1.82, 2.24) is 4.90 Å². The molecule has 12 heteroatoms. The van der Waals surface area contributed by atoms with Gasteiger partial charge in [-0.15, -0.1) is 0 Å². The van der Waals surface area contributed by atoms with Crippen molar-refractivity contribution in [3.05, 3.63) is 33.9 Å². The highest BCUT2D eigenvalue weighted by Crippen LogP contribution is 2.60. The lowest BCUT2D eigenvalue weighted by Gasteiger charge is -2.28. The van der Waals surface area contributed by atoms with Crippen molar-refractivity contribution in [2.75, 3.05) is 18.5 Å². The van der Waals surface area contributed by atoms with Gasteiger partial charge in [0.25, 0.3) is 11.6 Å². The van der Waals surface area contributed by atoms with Gasteiger partial charge >= 0.3 is 5.97 Å². The van der Waals surface area contributed by atoms with Gasteiger partial charge in [0.1, 0.15) is 6.54 Å². The fraction of sp³-hybridized carbons (Fsp3) is 0.500. The second-order valence-electron chi connectivity index (χ2n) is 8.23. The van der Waals surface area contributed by atoms with Gasteiger partial charge in [-0.3, -0.25) is 34.2 Å². The van der Waals surface area contributed by atoms with Crippen molar-refractivity contribution >= 4 is 66.9 Å². The van der Waals surface area contributed by atoms with Gasteiger partial charge in [-0.05, 0) is 31.2 Å². The zero-order valence-corrected chi connectivity index (χ0v) is 20.0. The molecule has 0 aromatic heterocycles. The van der Waals surface area contributed by atoms with Crippen LogP contribution in [0.15, 0.2) is 18.2 Å². The van der Waals surface area contributed by atoms with Crippen molar-refractivity contribution in [3.63, 3.8) is 0 Å². The van der Waals surface area contributed by atoms with E-state index in [1.165, 1.54) is 18.2 Å². The summed E-state index contributed by atoms with van der Waals surface area (Å²) in [5.74, 6) is -3.11. The first kappa shape index (κ1) is 22.8. The Morgan fingerprint density at radius 2 is 1.78 bits per heavy atom. The zero-order chi connectivity index (χ0) is 23.3. The molecule has 4 rings (SSSR count). The molecule has 1 N–H and O–H groups in total. The number of carbonyl (C=O) groups is 4. The monoisotopic (exact) mass is 571 g/mol. The minimum absolute atomic E-state index is 0.0381. The fourth-order valence-electron chi connectivity index (χ4n) is 4.97. The molecule has 0 radical (unpaired) electrons. The molecule has 3 aliphatic rings. The Labute approximate surface area is 199 Å². The number of nitrogens with one attached hydrogen (secondary N) is 1. The third kappa shape index (κ3) is 3.83. The summed E-state index contributed by atoms with van der Waals surface area (Å²) in [6.45, 7) is 0.372. The molecule has 1 saturated heterocycles. The van der Waals surface area contributed by atoms with Gasteiger partial charge in [0.15, 0.2) is 6.61 Å². The first-order valence-electron chi connectivity index (χ1n) is 9.94. The van der Waals surface area contributed by atoms with Gasteiger partial charge in [-0.2, -0.15) is 0 Å². The van der Waals surface area contributed by atoms with Crippen molar-refractivity contribution in [2.24, 2.45) is 23.7 Å². The summed E-state index contributed by atoms with van der Waals surface area (Å²) < 4.78 is 4.92. The molecule has 1 aliphatic heterocycles. The number of fused-ring (bicyclic) bond motifs is 5. The van der Waals surface area contributed by atoms with E-state index in [-0.39, 0.29) is 44.7 Å². The molecule has 2 saturated carbocycles. The number of rotatable bonds is 6. The fourth-order valence-corrected chi connectivity index (χ4v) is 6.84. The molecule has 32 heavy (non-hydrogen) atoms. The van der Waals surface area contributed by atoms with Crippen LogP contribution in [0, 0.1) is 40.7 Å². The molecule has 2 bridgehead atoms. The average Bonchev–Trinajstić information content (AvgIpc) is 3.34. The Balaban J connectivity index is 1.32. The van der Waals surface area contributed by atoms with E-state index in [9.17, 15) is 29.3 Å². The number of halogens is 2. The molecule has 10 nitrogen and oxygen atoms in total. The van der Waals surface area contributed by atoms with Crippen LogP contribution >= 0.6 is 31.9 Å². The topological polar surface area (TPSA) is 136 Å². The Morgan fingerprint density at radius 3 is 2.34 bits per heavy atom. The molecule has 6 atom stereocenters. The zero-order valence-electron chi connectivity index (χ0n) is 16.8. The number of nitro benzene ring substituents is 1. The number of nitrogens with zero attached hydrogens (tertiary/aromatic N) is 2. The maximum Gasteiger partial charge on any atom is 0.326 e. The van der Waals surface area contributed by atoms with Gasteiger partial charge in [0.2, 0.25) is 11.8 Å². The summed E-state index contributed by atoms with van der Waals surface area (Å²) in [6, 6.07) is 4.19. The third-order valence-electron chi connectivity index (χ3n) is 6.42. The molecular weight excluding hydrogens is 554 g/mol. The number of alkyl halides is 2. The summed E-state index contributed by atoms with van der Waals surface area (Å²) in [5.41, 5.74) is 0.474. The van der Waals surface area contributed by atoms with Crippen LogP contribution in [0.2, 0.25) is 0 Å². The second kappa shape index (κ2) is 8.54. The predicted octanol–water partition coefficient (Wildman–Crippen LogP) is 2.16. The first-order valence-corrected chi connectivity index (χ1v) is 11.8. The smallest absolute Gasteiger partial charge is 0.326 e. The number of imide groups is 1. The highest BCUT2D eigenvalue weighted by atomic mass is 79.9. The lowest BCUT2D eigenvalue weighted by Crippen LogP contribution is -2.38. The molecule has 2 aliphatic carbocycles. The van der Waals surface area contributed by atoms with Gasteiger partial charge in [0.05, 0.1) is 16.8 Å². The van der Waals surface area contributed by atoms with E-state index in [1.54, 1.807) is 6.92 Å². The van der Waals surface area contributed by atoms with Crippen LogP contribution in [0.3, 0.4) is 0 Å². The largest absolute Gasteiger partial charge is 0.454 e. The van der Waals surface area contributed by atoms with E-state index in [4.69, 9.17) is 4.74 Å². The molecule has 3 fully saturated rings. The van der Waals surface area contributed by atoms with Crippen LogP contribution in [0.5, 0.6) is 0 Å². The lowest BCUT2D eigenvalue weighted by atomic mass is 9.81. The van der Waals surface area contributed by atoms with E-state index < -0.39 is 41.8 Å². The first-order chi connectivity index (χ1) is 15.1. The van der Waals surface area contributed by atoms with E-state index in [2.05, 4.69) is 37.2 Å². The highest BCUT2D eigenvalue weighted by molar-refractivity contribution is 9.12. The number of benzene rings is 1. The molecule has 1 aromatic carbocycles. The van der Waals surface area contributed by atoms with Crippen LogP contribution in [0.25, 0.3) is 0 Å². The average molecular weight is 573 g/mol. The summed E-state index contributed by atoms with van der Waals surface area (Å²) in [6.07, 6.45) is 0.786. The quantitative estimate of drug-likeness (QED) is 0.181. The number of carbonyl (C=O) groups excluding carboxylic acids is 4. The van der Waals surface area contributed by atoms with Crippen molar-refractivity contribution < 1.29 is 28.8 Å². The summed E-state index contributed by atoms with van der Waals surface area (Å²) in [5, 5.41) is 13.4. The van der Waals surface area contributed by atoms with Gasteiger partial charge < -0.3 is 10.1 Å². The van der Waals surface area contributed by atoms with E-state index >= 15 is 0 Å². The number of ether oxygens (including phenoxy) is 1. The lowest BCUT2D eigenvalue weighted by molar-refractivity contribution is -0.385. The molecule has 0 spiro atoms. The summed E-state index contributed by atoms with van der Waals surface area (Å²) in [7, 11) is 0. The summed E-state index contributed by atoms with van der Waals surface area (Å²) >= 11 is 7.19. The Bertz CT molecular complexity index is 1000. The van der Waals surface area contributed by atoms with Crippen molar-refractivity contribution in [1.29, 1.82) is 0 Å². The van der Waals surface area contributed by atoms with Crippen molar-refractivity contribution in [2.45, 2.75) is 23.0 Å². The Morgan fingerprint density at radius 1 is 1.19 bits per heavy atom. The number of hydrogen-bond donors (Lipinski definition) is 1. The third-order valence-corrected chi connectivity index (χ3v) is 9.63. The number of esters is 1. The van der Waals surface area contributed by atoms with E-state index in [1.807, 2.05) is 0 Å². The molecule has 170 valence electrons. The van der Waals surface area contributed by atoms with Crippen molar-refractivity contribution in [3.8, 4) is 0 Å².